The van der Waals surface area contributed by atoms with Crippen molar-refractivity contribution in [2.75, 3.05) is 25.0 Å². The molecule has 23 heavy (non-hydrogen) atoms. The monoisotopic (exact) mass is 312 g/mol. The fourth-order valence-electron chi connectivity index (χ4n) is 2.10. The maximum atomic E-state index is 12.2. The molecule has 0 aromatic heterocycles. The quantitative estimate of drug-likeness (QED) is 0.733. The highest BCUT2D eigenvalue weighted by molar-refractivity contribution is 5.99. The van der Waals surface area contributed by atoms with Crippen molar-refractivity contribution in [2.24, 2.45) is 5.92 Å². The molecule has 0 aliphatic carbocycles. The molecule has 0 heterocycles. The largest absolute Gasteiger partial charge is 0.492 e. The maximum Gasteiger partial charge on any atom is 0.253 e. The van der Waals surface area contributed by atoms with Gasteiger partial charge in [-0.3, -0.25) is 4.79 Å². The number of ether oxygens (including phenoxy) is 1. The lowest BCUT2D eigenvalue weighted by Crippen LogP contribution is -2.28. The van der Waals surface area contributed by atoms with Crippen LogP contribution in [0.3, 0.4) is 0 Å². The third-order valence-corrected chi connectivity index (χ3v) is 3.27. The van der Waals surface area contributed by atoms with Crippen LogP contribution >= 0.6 is 0 Å². The molecule has 2 N–H and O–H groups in total. The van der Waals surface area contributed by atoms with Gasteiger partial charge in [0.05, 0.1) is 5.56 Å². The lowest BCUT2D eigenvalue weighted by molar-refractivity contribution is 0.0950. The van der Waals surface area contributed by atoms with Gasteiger partial charge in [-0.15, -0.1) is 0 Å². The summed E-state index contributed by atoms with van der Waals surface area (Å²) in [4.78, 5) is 12.2. The third kappa shape index (κ3) is 5.66. The van der Waals surface area contributed by atoms with Gasteiger partial charge in [0.2, 0.25) is 0 Å². The van der Waals surface area contributed by atoms with Crippen molar-refractivity contribution >= 4 is 11.6 Å². The van der Waals surface area contributed by atoms with E-state index in [4.69, 9.17) is 4.74 Å². The summed E-state index contributed by atoms with van der Waals surface area (Å²) >= 11 is 0. The van der Waals surface area contributed by atoms with E-state index in [2.05, 4.69) is 24.5 Å². The van der Waals surface area contributed by atoms with E-state index in [-0.39, 0.29) is 5.91 Å². The molecule has 0 aliphatic heterocycles. The average Bonchev–Trinajstić information content (AvgIpc) is 2.58. The Bertz CT molecular complexity index is 612. The van der Waals surface area contributed by atoms with Crippen LogP contribution in [0.25, 0.3) is 0 Å². The molecule has 0 saturated carbocycles. The molecule has 4 nitrogen and oxygen atoms in total. The number of hydrogen-bond acceptors (Lipinski definition) is 3. The van der Waals surface area contributed by atoms with Crippen LogP contribution in [-0.2, 0) is 0 Å². The Morgan fingerprint density at radius 2 is 1.74 bits per heavy atom. The Kier molecular flexibility index (Phi) is 6.48. The first kappa shape index (κ1) is 16.9. The minimum atomic E-state index is -0.0502. The van der Waals surface area contributed by atoms with Gasteiger partial charge in [-0.1, -0.05) is 44.2 Å². The third-order valence-electron chi connectivity index (χ3n) is 3.27. The summed E-state index contributed by atoms with van der Waals surface area (Å²) in [5.41, 5.74) is 1.48. The van der Waals surface area contributed by atoms with Crippen molar-refractivity contribution in [1.82, 2.24) is 5.32 Å². The van der Waals surface area contributed by atoms with Gasteiger partial charge in [0, 0.05) is 18.8 Å². The summed E-state index contributed by atoms with van der Waals surface area (Å²) in [7, 11) is 0. The molecule has 0 fully saturated rings. The summed E-state index contributed by atoms with van der Waals surface area (Å²) in [6, 6.07) is 17.2. The van der Waals surface area contributed by atoms with Crippen molar-refractivity contribution in [2.45, 2.75) is 13.8 Å². The number of carbonyl (C=O) groups excluding carboxylic acids is 1. The van der Waals surface area contributed by atoms with Crippen LogP contribution < -0.4 is 15.4 Å². The summed E-state index contributed by atoms with van der Waals surface area (Å²) in [6.45, 7) is 5.98. The molecule has 2 aromatic carbocycles. The molecule has 4 heteroatoms. The standard InChI is InChI=1S/C19H24N2O2/c1-15(2)14-21-19(22)17-10-6-7-11-18(17)20-12-13-23-16-8-4-3-5-9-16/h3-11,15,20H,12-14H2,1-2H3,(H,21,22). The number of amides is 1. The Morgan fingerprint density at radius 3 is 2.48 bits per heavy atom. The van der Waals surface area contributed by atoms with E-state index in [9.17, 15) is 4.79 Å². The lowest BCUT2D eigenvalue weighted by atomic mass is 10.1. The zero-order valence-corrected chi connectivity index (χ0v) is 13.7. The van der Waals surface area contributed by atoms with Gasteiger partial charge < -0.3 is 15.4 Å². The first-order valence-corrected chi connectivity index (χ1v) is 7.96. The molecule has 0 unspecified atom stereocenters. The fourth-order valence-corrected chi connectivity index (χ4v) is 2.10. The van der Waals surface area contributed by atoms with Crippen molar-refractivity contribution in [1.29, 1.82) is 0 Å². The van der Waals surface area contributed by atoms with E-state index in [1.54, 1.807) is 0 Å². The molecule has 2 rings (SSSR count). The van der Waals surface area contributed by atoms with E-state index in [0.717, 1.165) is 11.4 Å². The number of hydrogen-bond donors (Lipinski definition) is 2. The molecular formula is C19H24N2O2. The topological polar surface area (TPSA) is 50.4 Å². The lowest BCUT2D eigenvalue weighted by Gasteiger charge is -2.13. The van der Waals surface area contributed by atoms with Crippen LogP contribution in [-0.4, -0.2) is 25.6 Å². The van der Waals surface area contributed by atoms with Crippen molar-refractivity contribution in [3.63, 3.8) is 0 Å². The Morgan fingerprint density at radius 1 is 1.04 bits per heavy atom. The first-order chi connectivity index (χ1) is 11.2. The van der Waals surface area contributed by atoms with Crippen molar-refractivity contribution in [3.05, 3.63) is 60.2 Å². The molecule has 1 amide bonds. The van der Waals surface area contributed by atoms with Crippen LogP contribution in [0.1, 0.15) is 24.2 Å². The normalized spacial score (nSPS) is 10.4. The smallest absolute Gasteiger partial charge is 0.253 e. The number of para-hydroxylation sites is 2. The van der Waals surface area contributed by atoms with Gasteiger partial charge in [0.25, 0.3) is 5.91 Å². The molecule has 0 radical (unpaired) electrons. The molecular weight excluding hydrogens is 288 g/mol. The van der Waals surface area contributed by atoms with E-state index in [1.807, 2.05) is 54.6 Å². The van der Waals surface area contributed by atoms with Gasteiger partial charge in [-0.05, 0) is 30.2 Å². The number of carbonyl (C=O) groups is 1. The number of nitrogens with one attached hydrogen (secondary N) is 2. The first-order valence-electron chi connectivity index (χ1n) is 7.96. The molecule has 122 valence electrons. The van der Waals surface area contributed by atoms with E-state index in [1.165, 1.54) is 0 Å². The zero-order chi connectivity index (χ0) is 16.5. The van der Waals surface area contributed by atoms with Crippen molar-refractivity contribution < 1.29 is 9.53 Å². The van der Waals surface area contributed by atoms with Crippen LogP contribution in [0, 0.1) is 5.92 Å². The molecule has 0 aliphatic rings. The second kappa shape index (κ2) is 8.83. The summed E-state index contributed by atoms with van der Waals surface area (Å²) in [6.07, 6.45) is 0. The number of benzene rings is 2. The fraction of sp³-hybridized carbons (Fsp3) is 0.316. The second-order valence-electron chi connectivity index (χ2n) is 5.74. The van der Waals surface area contributed by atoms with Gasteiger partial charge >= 0.3 is 0 Å². The Hall–Kier alpha value is -2.49. The highest BCUT2D eigenvalue weighted by Crippen LogP contribution is 2.15. The predicted molar refractivity (Wildman–Crippen MR) is 94.0 cm³/mol. The van der Waals surface area contributed by atoms with E-state index in [0.29, 0.717) is 31.2 Å². The molecule has 0 bridgehead atoms. The Balaban J connectivity index is 1.86. The summed E-state index contributed by atoms with van der Waals surface area (Å²) < 4.78 is 5.64. The molecule has 0 atom stereocenters. The molecule has 0 spiro atoms. The van der Waals surface area contributed by atoms with Gasteiger partial charge in [-0.2, -0.15) is 0 Å². The minimum Gasteiger partial charge on any atom is -0.492 e. The second-order valence-corrected chi connectivity index (χ2v) is 5.74. The summed E-state index contributed by atoms with van der Waals surface area (Å²) in [5, 5.41) is 6.21. The number of anilines is 1. The van der Waals surface area contributed by atoms with E-state index < -0.39 is 0 Å². The SMILES string of the molecule is CC(C)CNC(=O)c1ccccc1NCCOc1ccccc1. The highest BCUT2D eigenvalue weighted by atomic mass is 16.5. The van der Waals surface area contributed by atoms with Crippen LogP contribution in [0.4, 0.5) is 5.69 Å². The van der Waals surface area contributed by atoms with Crippen LogP contribution in [0.15, 0.2) is 54.6 Å². The maximum absolute atomic E-state index is 12.2. The van der Waals surface area contributed by atoms with Gasteiger partial charge in [0.1, 0.15) is 12.4 Å². The van der Waals surface area contributed by atoms with Gasteiger partial charge in [0.15, 0.2) is 0 Å². The zero-order valence-electron chi connectivity index (χ0n) is 13.7. The minimum absolute atomic E-state index is 0.0502. The number of rotatable bonds is 8. The van der Waals surface area contributed by atoms with E-state index >= 15 is 0 Å². The Labute approximate surface area is 137 Å². The predicted octanol–water partition coefficient (Wildman–Crippen LogP) is 3.56. The highest BCUT2D eigenvalue weighted by Gasteiger charge is 2.10. The summed E-state index contributed by atoms with van der Waals surface area (Å²) in [5.74, 6) is 1.22. The van der Waals surface area contributed by atoms with Crippen molar-refractivity contribution in [3.8, 4) is 5.75 Å². The van der Waals surface area contributed by atoms with Gasteiger partial charge in [-0.25, -0.2) is 0 Å². The van der Waals surface area contributed by atoms with Crippen LogP contribution in [0.2, 0.25) is 0 Å². The molecule has 0 saturated heterocycles. The molecule has 2 aromatic rings. The average molecular weight is 312 g/mol. The van der Waals surface area contributed by atoms with Crippen LogP contribution in [0.5, 0.6) is 5.75 Å².